The number of hydrogen-bond acceptors (Lipinski definition) is 4. The van der Waals surface area contributed by atoms with Gasteiger partial charge in [-0.1, -0.05) is 12.1 Å². The number of nitrogens with one attached hydrogen (secondary N) is 2. The van der Waals surface area contributed by atoms with Gasteiger partial charge in [0.15, 0.2) is 5.82 Å². The Hall–Kier alpha value is -2.89. The van der Waals surface area contributed by atoms with Crippen LogP contribution in [0.5, 0.6) is 0 Å². The van der Waals surface area contributed by atoms with Gasteiger partial charge < -0.3 is 15.2 Å². The Labute approximate surface area is 152 Å². The monoisotopic (exact) mass is 349 g/mol. The lowest BCUT2D eigenvalue weighted by Gasteiger charge is -2.24. The third-order valence-electron chi connectivity index (χ3n) is 5.05. The number of carbonyl (C=O) groups is 1. The van der Waals surface area contributed by atoms with Gasteiger partial charge in [-0.3, -0.25) is 4.79 Å². The van der Waals surface area contributed by atoms with E-state index in [1.165, 1.54) is 0 Å². The Balaban J connectivity index is 1.90. The van der Waals surface area contributed by atoms with E-state index in [1.54, 1.807) is 0 Å². The van der Waals surface area contributed by atoms with Crippen LogP contribution in [-0.4, -0.2) is 40.5 Å². The number of aromatic amines is 1. The van der Waals surface area contributed by atoms with E-state index in [4.69, 9.17) is 9.97 Å². The molecule has 6 heteroatoms. The molecule has 4 rings (SSSR count). The van der Waals surface area contributed by atoms with Crippen LogP contribution in [0.25, 0.3) is 22.3 Å². The second kappa shape index (κ2) is 6.12. The van der Waals surface area contributed by atoms with Crippen LogP contribution in [0.4, 0.5) is 5.82 Å². The third kappa shape index (κ3) is 2.62. The molecule has 0 saturated carbocycles. The summed E-state index contributed by atoms with van der Waals surface area (Å²) in [6.45, 7) is 6.93. The predicted octanol–water partition coefficient (Wildman–Crippen LogP) is 3.06. The van der Waals surface area contributed by atoms with Crippen LogP contribution in [0.1, 0.15) is 35.6 Å². The van der Waals surface area contributed by atoms with Gasteiger partial charge in [-0.15, -0.1) is 0 Å². The van der Waals surface area contributed by atoms with Gasteiger partial charge in [-0.2, -0.15) is 0 Å². The van der Waals surface area contributed by atoms with Crippen LogP contribution in [0.2, 0.25) is 0 Å². The molecule has 6 nitrogen and oxygen atoms in total. The first-order valence-electron chi connectivity index (χ1n) is 8.96. The molecular weight excluding hydrogens is 326 g/mol. The van der Waals surface area contributed by atoms with Crippen molar-refractivity contribution in [3.63, 3.8) is 0 Å². The van der Waals surface area contributed by atoms with Gasteiger partial charge in [0, 0.05) is 43.0 Å². The summed E-state index contributed by atoms with van der Waals surface area (Å²) >= 11 is 0. The maximum absolute atomic E-state index is 12.1. The number of rotatable bonds is 3. The van der Waals surface area contributed by atoms with Crippen LogP contribution < -0.4 is 10.2 Å². The van der Waals surface area contributed by atoms with Gasteiger partial charge in [0.25, 0.3) is 5.91 Å². The Morgan fingerprint density at radius 1 is 1.19 bits per heavy atom. The van der Waals surface area contributed by atoms with Crippen LogP contribution in [0.15, 0.2) is 24.3 Å². The van der Waals surface area contributed by atoms with E-state index < -0.39 is 0 Å². The number of aryl methyl sites for hydroxylation is 1. The van der Waals surface area contributed by atoms with Crippen molar-refractivity contribution in [1.29, 1.82) is 0 Å². The molecule has 1 aliphatic heterocycles. The van der Waals surface area contributed by atoms with Gasteiger partial charge >= 0.3 is 0 Å². The van der Waals surface area contributed by atoms with E-state index in [0.29, 0.717) is 12.6 Å². The quantitative estimate of drug-likeness (QED) is 0.762. The molecule has 2 N–H and O–H groups in total. The zero-order valence-electron chi connectivity index (χ0n) is 15.6. The summed E-state index contributed by atoms with van der Waals surface area (Å²) in [7, 11) is 2.04. The van der Waals surface area contributed by atoms with Crippen molar-refractivity contribution in [2.24, 2.45) is 0 Å². The van der Waals surface area contributed by atoms with Crippen LogP contribution in [0, 0.1) is 6.92 Å². The summed E-state index contributed by atoms with van der Waals surface area (Å²) < 4.78 is 0. The molecule has 0 spiro atoms. The van der Waals surface area contributed by atoms with E-state index >= 15 is 0 Å². The van der Waals surface area contributed by atoms with E-state index in [0.717, 1.165) is 51.5 Å². The first-order valence-corrected chi connectivity index (χ1v) is 8.96. The number of benzene rings is 1. The third-order valence-corrected chi connectivity index (χ3v) is 5.05. The molecule has 0 atom stereocenters. The molecule has 0 unspecified atom stereocenters. The first kappa shape index (κ1) is 16.6. The molecule has 2 aromatic heterocycles. The smallest absolute Gasteiger partial charge is 0.253 e. The minimum absolute atomic E-state index is 0.0175. The fourth-order valence-corrected chi connectivity index (χ4v) is 3.39. The van der Waals surface area contributed by atoms with Crippen molar-refractivity contribution in [2.45, 2.75) is 33.2 Å². The number of anilines is 1. The normalized spacial score (nSPS) is 13.8. The van der Waals surface area contributed by atoms with Crippen LogP contribution >= 0.6 is 0 Å². The average Bonchev–Trinajstić information content (AvgIpc) is 3.05. The molecule has 26 heavy (non-hydrogen) atoms. The lowest BCUT2D eigenvalue weighted by Crippen LogP contribution is -2.31. The van der Waals surface area contributed by atoms with Crippen molar-refractivity contribution in [2.75, 3.05) is 18.5 Å². The minimum Gasteiger partial charge on any atom is -0.358 e. The Kier molecular flexibility index (Phi) is 3.90. The summed E-state index contributed by atoms with van der Waals surface area (Å²) in [6.07, 6.45) is 0.817. The van der Waals surface area contributed by atoms with Crippen molar-refractivity contribution >= 4 is 22.8 Å². The molecule has 1 aromatic carbocycles. The molecule has 134 valence electrons. The number of para-hydroxylation sites is 1. The summed E-state index contributed by atoms with van der Waals surface area (Å²) in [5.74, 6) is 0.866. The first-order chi connectivity index (χ1) is 12.5. The SMILES string of the molecule is Cc1nc2cccc(-c3cc4c([nH]3)CCNC4=O)c2nc1N(C)C(C)C. The molecular formula is C20H23N5O. The number of amides is 1. The average molecular weight is 349 g/mol. The maximum Gasteiger partial charge on any atom is 0.253 e. The van der Waals surface area contributed by atoms with Gasteiger partial charge in [-0.05, 0) is 32.9 Å². The van der Waals surface area contributed by atoms with Crippen LogP contribution in [-0.2, 0) is 6.42 Å². The maximum atomic E-state index is 12.1. The van der Waals surface area contributed by atoms with Gasteiger partial charge in [0.05, 0.1) is 16.8 Å². The number of nitrogens with zero attached hydrogens (tertiary/aromatic N) is 3. The Morgan fingerprint density at radius 3 is 2.73 bits per heavy atom. The highest BCUT2D eigenvalue weighted by molar-refractivity contribution is 5.99. The molecule has 0 radical (unpaired) electrons. The Bertz CT molecular complexity index is 1000. The minimum atomic E-state index is -0.0175. The fraction of sp³-hybridized carbons (Fsp3) is 0.350. The summed E-state index contributed by atoms with van der Waals surface area (Å²) in [4.78, 5) is 27.3. The highest BCUT2D eigenvalue weighted by Gasteiger charge is 2.21. The number of H-pyrrole nitrogens is 1. The standard InChI is InChI=1S/C20H23N5O/c1-11(2)25(4)19-12(3)22-16-7-5-6-13(18(16)24-19)17-10-14-15(23-17)8-9-21-20(14)26/h5-7,10-11,23H,8-9H2,1-4H3,(H,21,26). The summed E-state index contributed by atoms with van der Waals surface area (Å²) in [6, 6.07) is 8.24. The number of hydrogen-bond donors (Lipinski definition) is 2. The molecule has 3 aromatic rings. The van der Waals surface area contributed by atoms with Crippen molar-refractivity contribution in [1.82, 2.24) is 20.3 Å². The molecule has 0 bridgehead atoms. The Morgan fingerprint density at radius 2 is 2.00 bits per heavy atom. The molecule has 1 aliphatic rings. The molecule has 0 saturated heterocycles. The summed E-state index contributed by atoms with van der Waals surface area (Å²) in [5.41, 5.74) is 6.21. The zero-order valence-corrected chi connectivity index (χ0v) is 15.6. The van der Waals surface area contributed by atoms with Gasteiger partial charge in [-0.25, -0.2) is 9.97 Å². The molecule has 1 amide bonds. The number of fused-ring (bicyclic) bond motifs is 2. The lowest BCUT2D eigenvalue weighted by atomic mass is 10.1. The second-order valence-corrected chi connectivity index (χ2v) is 7.09. The van der Waals surface area contributed by atoms with Gasteiger partial charge in [0.2, 0.25) is 0 Å². The van der Waals surface area contributed by atoms with E-state index in [2.05, 4.69) is 29.0 Å². The van der Waals surface area contributed by atoms with Crippen molar-refractivity contribution in [3.8, 4) is 11.3 Å². The number of aromatic nitrogens is 3. The zero-order chi connectivity index (χ0) is 18.4. The highest BCUT2D eigenvalue weighted by Crippen LogP contribution is 2.31. The number of carbonyl (C=O) groups excluding carboxylic acids is 1. The van der Waals surface area contributed by atoms with Crippen molar-refractivity contribution < 1.29 is 4.79 Å². The van der Waals surface area contributed by atoms with E-state index in [9.17, 15) is 4.79 Å². The fourth-order valence-electron chi connectivity index (χ4n) is 3.39. The van der Waals surface area contributed by atoms with E-state index in [1.807, 2.05) is 38.2 Å². The van der Waals surface area contributed by atoms with Crippen LogP contribution in [0.3, 0.4) is 0 Å². The summed E-state index contributed by atoms with van der Waals surface area (Å²) in [5, 5.41) is 2.89. The predicted molar refractivity (Wildman–Crippen MR) is 104 cm³/mol. The lowest BCUT2D eigenvalue weighted by molar-refractivity contribution is 0.0946. The molecule has 3 heterocycles. The topological polar surface area (TPSA) is 73.9 Å². The van der Waals surface area contributed by atoms with E-state index in [-0.39, 0.29) is 5.91 Å². The largest absolute Gasteiger partial charge is 0.358 e. The highest BCUT2D eigenvalue weighted by atomic mass is 16.1. The van der Waals surface area contributed by atoms with Gasteiger partial charge in [0.1, 0.15) is 5.52 Å². The van der Waals surface area contributed by atoms with Crippen molar-refractivity contribution in [3.05, 3.63) is 41.2 Å². The molecule has 0 aliphatic carbocycles. The second-order valence-electron chi connectivity index (χ2n) is 7.09. The molecule has 0 fully saturated rings.